The van der Waals surface area contributed by atoms with Crippen LogP contribution in [0.3, 0.4) is 0 Å². The number of rotatable bonds is 4. The number of halogens is 1. The van der Waals surface area contributed by atoms with Crippen molar-refractivity contribution in [1.29, 1.82) is 0 Å². The molecule has 1 amide bonds. The molecule has 0 radical (unpaired) electrons. The van der Waals surface area contributed by atoms with Gasteiger partial charge < -0.3 is 10.2 Å². The summed E-state index contributed by atoms with van der Waals surface area (Å²) in [5, 5.41) is 11.8. The lowest BCUT2D eigenvalue weighted by molar-refractivity contribution is 0.0692. The summed E-state index contributed by atoms with van der Waals surface area (Å²) in [5.74, 6) is 0.115. The van der Waals surface area contributed by atoms with Crippen LogP contribution >= 0.6 is 23.7 Å². The Morgan fingerprint density at radius 2 is 2.29 bits per heavy atom. The molecule has 2 aromatic heterocycles. The van der Waals surface area contributed by atoms with Crippen LogP contribution in [0.2, 0.25) is 0 Å². The Morgan fingerprint density at radius 3 is 2.92 bits per heavy atom. The number of hydrogen-bond acceptors (Lipinski definition) is 4. The first kappa shape index (κ1) is 17.5. The summed E-state index contributed by atoms with van der Waals surface area (Å²) in [6.07, 6.45) is 7.00. The monoisotopic (exact) mass is 366 g/mol. The van der Waals surface area contributed by atoms with E-state index in [2.05, 4.69) is 32.1 Å². The molecule has 1 saturated heterocycles. The topological polar surface area (TPSA) is 50.2 Å². The van der Waals surface area contributed by atoms with Crippen molar-refractivity contribution in [1.82, 2.24) is 20.0 Å². The van der Waals surface area contributed by atoms with E-state index in [1.165, 1.54) is 18.4 Å². The number of hydrogen-bond donors (Lipinski definition) is 1. The van der Waals surface area contributed by atoms with Gasteiger partial charge in [-0.05, 0) is 60.2 Å². The highest BCUT2D eigenvalue weighted by molar-refractivity contribution is 7.07. The molecule has 7 heteroatoms. The third-order valence-corrected chi connectivity index (χ3v) is 6.00. The van der Waals surface area contributed by atoms with Crippen LogP contribution in [0.5, 0.6) is 0 Å². The molecule has 130 valence electrons. The molecule has 0 aromatic carbocycles. The summed E-state index contributed by atoms with van der Waals surface area (Å²) >= 11 is 1.69. The maximum absolute atomic E-state index is 13.1. The van der Waals surface area contributed by atoms with E-state index in [0.29, 0.717) is 23.6 Å². The number of amides is 1. The van der Waals surface area contributed by atoms with Crippen molar-refractivity contribution in [2.75, 3.05) is 13.1 Å². The normalized spacial score (nSPS) is 21.3. The fraction of sp³-hybridized carbons (Fsp3) is 0.529. The van der Waals surface area contributed by atoms with Crippen molar-refractivity contribution in [3.05, 3.63) is 40.3 Å². The predicted octanol–water partition coefficient (Wildman–Crippen LogP) is 2.69. The Kier molecular flexibility index (Phi) is 4.99. The third-order valence-electron chi connectivity index (χ3n) is 5.27. The molecule has 4 rings (SSSR count). The van der Waals surface area contributed by atoms with Crippen LogP contribution in [0.25, 0.3) is 0 Å². The molecule has 2 fully saturated rings. The van der Waals surface area contributed by atoms with E-state index < -0.39 is 0 Å². The zero-order chi connectivity index (χ0) is 15.9. The minimum absolute atomic E-state index is 0. The second-order valence-corrected chi connectivity index (χ2v) is 7.58. The molecule has 24 heavy (non-hydrogen) atoms. The van der Waals surface area contributed by atoms with Crippen LogP contribution < -0.4 is 5.32 Å². The maximum Gasteiger partial charge on any atom is 0.257 e. The summed E-state index contributed by atoms with van der Waals surface area (Å²) in [7, 11) is 1.85. The van der Waals surface area contributed by atoms with Gasteiger partial charge in [0.05, 0.1) is 11.8 Å². The fourth-order valence-corrected chi connectivity index (χ4v) is 4.49. The van der Waals surface area contributed by atoms with Gasteiger partial charge in [-0.15, -0.1) is 12.4 Å². The Balaban J connectivity index is 0.00000169. The molecule has 5 nitrogen and oxygen atoms in total. The van der Waals surface area contributed by atoms with E-state index in [1.54, 1.807) is 22.2 Å². The molecule has 0 bridgehead atoms. The Morgan fingerprint density at radius 1 is 1.50 bits per heavy atom. The summed E-state index contributed by atoms with van der Waals surface area (Å²) < 4.78 is 1.70. The minimum atomic E-state index is 0. The van der Waals surface area contributed by atoms with Crippen LogP contribution in [0, 0.1) is 5.41 Å². The average molecular weight is 367 g/mol. The summed E-state index contributed by atoms with van der Waals surface area (Å²) in [4.78, 5) is 15.1. The third kappa shape index (κ3) is 3.23. The van der Waals surface area contributed by atoms with E-state index in [9.17, 15) is 4.79 Å². The average Bonchev–Trinajstić information content (AvgIpc) is 2.97. The molecule has 1 N–H and O–H groups in total. The molecule has 3 heterocycles. The highest BCUT2D eigenvalue weighted by atomic mass is 35.5. The number of aryl methyl sites for hydroxylation is 1. The van der Waals surface area contributed by atoms with Crippen LogP contribution in [-0.2, 0) is 13.6 Å². The van der Waals surface area contributed by atoms with Gasteiger partial charge in [0.2, 0.25) is 0 Å². The van der Waals surface area contributed by atoms with Gasteiger partial charge in [-0.2, -0.15) is 16.4 Å². The number of carbonyl (C=O) groups excluding carboxylic acids is 1. The van der Waals surface area contributed by atoms with E-state index in [1.807, 2.05) is 13.2 Å². The van der Waals surface area contributed by atoms with Gasteiger partial charge in [0.15, 0.2) is 0 Å². The molecule has 2 aliphatic rings. The van der Waals surface area contributed by atoms with E-state index in [4.69, 9.17) is 0 Å². The lowest BCUT2D eigenvalue weighted by atomic mass is 9.93. The first-order chi connectivity index (χ1) is 11.2. The standard InChI is InChI=1S/C17H22N4OS.ClH/c1-20-11-14(9-19-20)16(22)21(10-13-2-7-23-12-13)15-8-17(15)3-5-18-6-4-17;/h2,7,9,11-12,15,18H,3-6,8,10H2,1H3;1H. The predicted molar refractivity (Wildman–Crippen MR) is 97.6 cm³/mol. The van der Waals surface area contributed by atoms with Crippen molar-refractivity contribution in [2.45, 2.75) is 31.8 Å². The van der Waals surface area contributed by atoms with Crippen molar-refractivity contribution < 1.29 is 4.79 Å². The zero-order valence-corrected chi connectivity index (χ0v) is 15.4. The maximum atomic E-state index is 13.1. The number of nitrogens with zero attached hydrogens (tertiary/aromatic N) is 3. The molecule has 1 aliphatic carbocycles. The SMILES string of the molecule is Cl.Cn1cc(C(=O)N(Cc2ccsc2)C2CC23CCNCC3)cn1. The first-order valence-electron chi connectivity index (χ1n) is 8.19. The fourth-order valence-electron chi connectivity index (χ4n) is 3.83. The molecule has 1 unspecified atom stereocenters. The molecular weight excluding hydrogens is 344 g/mol. The number of thiophene rings is 1. The highest BCUT2D eigenvalue weighted by Gasteiger charge is 2.57. The van der Waals surface area contributed by atoms with Crippen LogP contribution in [0.4, 0.5) is 0 Å². The van der Waals surface area contributed by atoms with E-state index in [-0.39, 0.29) is 18.3 Å². The van der Waals surface area contributed by atoms with Crippen molar-refractivity contribution in [3.8, 4) is 0 Å². The summed E-state index contributed by atoms with van der Waals surface area (Å²) in [6, 6.07) is 2.49. The van der Waals surface area contributed by atoms with Gasteiger partial charge in [-0.25, -0.2) is 0 Å². The van der Waals surface area contributed by atoms with Crippen molar-refractivity contribution in [3.63, 3.8) is 0 Å². The Labute approximate surface area is 152 Å². The number of carbonyl (C=O) groups is 1. The van der Waals surface area contributed by atoms with Crippen LogP contribution in [0.15, 0.2) is 29.2 Å². The minimum Gasteiger partial charge on any atom is -0.331 e. The molecular formula is C17H23ClN4OS. The second-order valence-electron chi connectivity index (χ2n) is 6.80. The Bertz CT molecular complexity index is 693. The van der Waals surface area contributed by atoms with Gasteiger partial charge in [0.25, 0.3) is 5.91 Å². The smallest absolute Gasteiger partial charge is 0.257 e. The van der Waals surface area contributed by atoms with Crippen molar-refractivity contribution in [2.24, 2.45) is 12.5 Å². The lowest BCUT2D eigenvalue weighted by Gasteiger charge is -2.29. The zero-order valence-electron chi connectivity index (χ0n) is 13.8. The molecule has 1 atom stereocenters. The molecule has 1 spiro atoms. The first-order valence-corrected chi connectivity index (χ1v) is 9.14. The molecule has 2 aromatic rings. The molecule has 1 aliphatic heterocycles. The van der Waals surface area contributed by atoms with Gasteiger partial charge in [0.1, 0.15) is 0 Å². The van der Waals surface area contributed by atoms with Crippen LogP contribution in [0.1, 0.15) is 35.2 Å². The highest BCUT2D eigenvalue weighted by Crippen LogP contribution is 2.56. The summed E-state index contributed by atoms with van der Waals surface area (Å²) in [5.41, 5.74) is 2.26. The van der Waals surface area contributed by atoms with E-state index in [0.717, 1.165) is 19.5 Å². The Hall–Kier alpha value is -1.37. The van der Waals surface area contributed by atoms with Crippen LogP contribution in [-0.4, -0.2) is 39.7 Å². The second kappa shape index (κ2) is 6.86. The van der Waals surface area contributed by atoms with Gasteiger partial charge in [-0.1, -0.05) is 0 Å². The number of nitrogens with one attached hydrogen (secondary N) is 1. The largest absolute Gasteiger partial charge is 0.331 e. The quantitative estimate of drug-likeness (QED) is 0.905. The summed E-state index contributed by atoms with van der Waals surface area (Å²) in [6.45, 7) is 2.85. The van der Waals surface area contributed by atoms with Crippen molar-refractivity contribution >= 4 is 29.7 Å². The van der Waals surface area contributed by atoms with Gasteiger partial charge >= 0.3 is 0 Å². The van der Waals surface area contributed by atoms with Gasteiger partial charge in [-0.3, -0.25) is 9.48 Å². The number of aromatic nitrogens is 2. The number of piperidine rings is 1. The molecule has 1 saturated carbocycles. The lowest BCUT2D eigenvalue weighted by Crippen LogP contribution is -2.39. The van der Waals surface area contributed by atoms with E-state index >= 15 is 0 Å². The van der Waals surface area contributed by atoms with Gasteiger partial charge in [0, 0.05) is 25.8 Å².